The molecule has 1 aromatic rings. The van der Waals surface area contributed by atoms with Gasteiger partial charge in [0.1, 0.15) is 5.75 Å². The van der Waals surface area contributed by atoms with E-state index in [2.05, 4.69) is 0 Å². The van der Waals surface area contributed by atoms with E-state index in [1.807, 2.05) is 0 Å². The molecule has 0 bridgehead atoms. The lowest BCUT2D eigenvalue weighted by Gasteiger charge is -2.21. The van der Waals surface area contributed by atoms with Crippen molar-refractivity contribution in [3.63, 3.8) is 0 Å². The van der Waals surface area contributed by atoms with Gasteiger partial charge in [0.2, 0.25) is 0 Å². The number of halogens is 1. The monoisotopic (exact) mass is 258 g/mol. The third-order valence-corrected chi connectivity index (χ3v) is 3.00. The summed E-state index contributed by atoms with van der Waals surface area (Å²) in [6.45, 7) is 1.70. The maximum Gasteiger partial charge on any atom is 0.309 e. The number of aliphatic carboxylic acids is 1. The molecule has 94 valence electrons. The lowest BCUT2D eigenvalue weighted by atomic mass is 9.93. The number of methoxy groups -OCH3 is 1. The Morgan fingerprint density at radius 1 is 1.53 bits per heavy atom. The third-order valence-electron chi connectivity index (χ3n) is 2.67. The van der Waals surface area contributed by atoms with Crippen molar-refractivity contribution in [3.05, 3.63) is 28.8 Å². The number of aliphatic hydroxyl groups excluding tert-OH is 1. The van der Waals surface area contributed by atoms with Gasteiger partial charge < -0.3 is 14.9 Å². The Kier molecular flexibility index (Phi) is 4.78. The van der Waals surface area contributed by atoms with E-state index in [-0.39, 0.29) is 0 Å². The fourth-order valence-corrected chi connectivity index (χ4v) is 1.99. The molecule has 2 unspecified atom stereocenters. The van der Waals surface area contributed by atoms with Crippen LogP contribution >= 0.6 is 11.6 Å². The van der Waals surface area contributed by atoms with Gasteiger partial charge in [0, 0.05) is 5.56 Å². The molecule has 2 N–H and O–H groups in total. The van der Waals surface area contributed by atoms with E-state index < -0.39 is 18.0 Å². The number of carboxylic acids is 1. The molecule has 4 nitrogen and oxygen atoms in total. The van der Waals surface area contributed by atoms with E-state index in [4.69, 9.17) is 21.4 Å². The van der Waals surface area contributed by atoms with Crippen molar-refractivity contribution < 1.29 is 19.7 Å². The second-order valence-corrected chi connectivity index (χ2v) is 4.06. The van der Waals surface area contributed by atoms with Crippen LogP contribution in [0.5, 0.6) is 5.75 Å². The number of aliphatic hydroxyl groups is 1. The van der Waals surface area contributed by atoms with Crippen LogP contribution in [-0.2, 0) is 4.79 Å². The van der Waals surface area contributed by atoms with Gasteiger partial charge in [-0.05, 0) is 18.6 Å². The molecule has 0 saturated heterocycles. The Morgan fingerprint density at radius 3 is 2.65 bits per heavy atom. The summed E-state index contributed by atoms with van der Waals surface area (Å²) in [6.07, 6.45) is -0.869. The first-order valence-electron chi connectivity index (χ1n) is 5.26. The van der Waals surface area contributed by atoms with Gasteiger partial charge in [-0.15, -0.1) is 0 Å². The van der Waals surface area contributed by atoms with Crippen LogP contribution in [0.2, 0.25) is 5.02 Å². The van der Waals surface area contributed by atoms with Crippen LogP contribution in [0.15, 0.2) is 18.2 Å². The summed E-state index contributed by atoms with van der Waals surface area (Å²) in [7, 11) is 1.45. The minimum atomic E-state index is -1.18. The number of rotatable bonds is 5. The van der Waals surface area contributed by atoms with Crippen molar-refractivity contribution in [1.82, 2.24) is 0 Å². The molecule has 0 amide bonds. The topological polar surface area (TPSA) is 66.8 Å². The van der Waals surface area contributed by atoms with Gasteiger partial charge in [-0.3, -0.25) is 4.79 Å². The van der Waals surface area contributed by atoms with Gasteiger partial charge in [-0.25, -0.2) is 0 Å². The quantitative estimate of drug-likeness (QED) is 0.852. The summed E-state index contributed by atoms with van der Waals surface area (Å²) in [4.78, 5) is 11.0. The molecular formula is C12H15ClO4. The second kappa shape index (κ2) is 5.89. The first-order valence-corrected chi connectivity index (χ1v) is 5.64. The van der Waals surface area contributed by atoms with Gasteiger partial charge in [0.15, 0.2) is 0 Å². The van der Waals surface area contributed by atoms with Crippen LogP contribution in [-0.4, -0.2) is 23.3 Å². The van der Waals surface area contributed by atoms with E-state index in [0.29, 0.717) is 22.8 Å². The Hall–Kier alpha value is -1.26. The van der Waals surface area contributed by atoms with E-state index in [0.717, 1.165) is 0 Å². The summed E-state index contributed by atoms with van der Waals surface area (Å²) in [6, 6.07) is 4.91. The highest BCUT2D eigenvalue weighted by Crippen LogP contribution is 2.36. The standard InChI is InChI=1S/C12H15ClO4/c1-3-7(12(15)16)11(14)10-8(13)5-4-6-9(10)17-2/h4-7,11,14H,3H2,1-2H3,(H,15,16). The molecule has 1 rings (SSSR count). The lowest BCUT2D eigenvalue weighted by molar-refractivity contribution is -0.146. The fraction of sp³-hybridized carbons (Fsp3) is 0.417. The second-order valence-electron chi connectivity index (χ2n) is 3.65. The first-order chi connectivity index (χ1) is 8.02. The molecule has 0 aromatic heterocycles. The van der Waals surface area contributed by atoms with Gasteiger partial charge in [0.05, 0.1) is 24.2 Å². The number of hydrogen-bond acceptors (Lipinski definition) is 3. The van der Waals surface area contributed by atoms with Crippen molar-refractivity contribution in [3.8, 4) is 5.75 Å². The van der Waals surface area contributed by atoms with Crippen LogP contribution in [0.1, 0.15) is 25.0 Å². The SMILES string of the molecule is CCC(C(=O)O)C(O)c1c(Cl)cccc1OC. The molecule has 17 heavy (non-hydrogen) atoms. The molecule has 0 radical (unpaired) electrons. The average Bonchev–Trinajstić information content (AvgIpc) is 2.28. The maximum atomic E-state index is 11.0. The van der Waals surface area contributed by atoms with Gasteiger partial charge in [-0.1, -0.05) is 24.6 Å². The Labute approximate surface area is 105 Å². The molecular weight excluding hydrogens is 244 g/mol. The van der Waals surface area contributed by atoms with Crippen molar-refractivity contribution in [2.24, 2.45) is 5.92 Å². The van der Waals surface area contributed by atoms with Gasteiger partial charge in [-0.2, -0.15) is 0 Å². The summed E-state index contributed by atoms with van der Waals surface area (Å²) < 4.78 is 5.08. The predicted octanol–water partition coefficient (Wildman–Crippen LogP) is 2.49. The summed E-state index contributed by atoms with van der Waals surface area (Å²) in [5, 5.41) is 19.4. The largest absolute Gasteiger partial charge is 0.496 e. The van der Waals surface area contributed by atoms with E-state index in [9.17, 15) is 9.90 Å². The van der Waals surface area contributed by atoms with E-state index in [1.54, 1.807) is 25.1 Å². The van der Waals surface area contributed by atoms with E-state index in [1.165, 1.54) is 7.11 Å². The molecule has 0 aliphatic heterocycles. The first kappa shape index (κ1) is 13.8. The minimum Gasteiger partial charge on any atom is -0.496 e. The Morgan fingerprint density at radius 2 is 2.18 bits per heavy atom. The Bertz CT molecular complexity index is 405. The van der Waals surface area contributed by atoms with Crippen LogP contribution < -0.4 is 4.74 Å². The summed E-state index contributed by atoms with van der Waals surface area (Å²) in [5.74, 6) is -1.56. The zero-order valence-electron chi connectivity index (χ0n) is 9.68. The van der Waals surface area contributed by atoms with E-state index >= 15 is 0 Å². The van der Waals surface area contributed by atoms with Crippen LogP contribution in [0.25, 0.3) is 0 Å². The van der Waals surface area contributed by atoms with Crippen molar-refractivity contribution in [2.45, 2.75) is 19.4 Å². The highest BCUT2D eigenvalue weighted by atomic mass is 35.5. The molecule has 0 saturated carbocycles. The molecule has 5 heteroatoms. The molecule has 0 spiro atoms. The van der Waals surface area contributed by atoms with Gasteiger partial charge >= 0.3 is 5.97 Å². The zero-order chi connectivity index (χ0) is 13.0. The predicted molar refractivity (Wildman–Crippen MR) is 64.4 cm³/mol. The third kappa shape index (κ3) is 2.90. The van der Waals surface area contributed by atoms with Crippen molar-refractivity contribution in [2.75, 3.05) is 7.11 Å². The van der Waals surface area contributed by atoms with Crippen molar-refractivity contribution >= 4 is 17.6 Å². The normalized spacial score (nSPS) is 14.1. The number of carboxylic acid groups (broad SMARTS) is 1. The number of ether oxygens (including phenoxy) is 1. The molecule has 0 aliphatic rings. The average molecular weight is 259 g/mol. The maximum absolute atomic E-state index is 11.0. The Balaban J connectivity index is 3.18. The van der Waals surface area contributed by atoms with Crippen LogP contribution in [0.4, 0.5) is 0 Å². The molecule has 0 fully saturated rings. The minimum absolute atomic E-state index is 0.302. The summed E-state index contributed by atoms with van der Waals surface area (Å²) >= 11 is 5.98. The zero-order valence-corrected chi connectivity index (χ0v) is 10.4. The van der Waals surface area contributed by atoms with Crippen LogP contribution in [0, 0.1) is 5.92 Å². The fourth-order valence-electron chi connectivity index (χ4n) is 1.72. The molecule has 2 atom stereocenters. The number of carbonyl (C=O) groups is 1. The lowest BCUT2D eigenvalue weighted by Crippen LogP contribution is -2.22. The smallest absolute Gasteiger partial charge is 0.309 e. The van der Waals surface area contributed by atoms with Crippen molar-refractivity contribution in [1.29, 1.82) is 0 Å². The molecule has 0 heterocycles. The summed E-state index contributed by atoms with van der Waals surface area (Å²) in [5.41, 5.74) is 0.325. The highest BCUT2D eigenvalue weighted by molar-refractivity contribution is 6.31. The van der Waals surface area contributed by atoms with Gasteiger partial charge in [0.25, 0.3) is 0 Å². The molecule has 1 aromatic carbocycles. The number of hydrogen-bond donors (Lipinski definition) is 2. The molecule has 0 aliphatic carbocycles. The van der Waals surface area contributed by atoms with Crippen LogP contribution in [0.3, 0.4) is 0 Å². The number of benzene rings is 1. The highest BCUT2D eigenvalue weighted by Gasteiger charge is 2.29.